The van der Waals surface area contributed by atoms with Crippen LogP contribution in [0.25, 0.3) is 0 Å². The van der Waals surface area contributed by atoms with E-state index in [4.69, 9.17) is 5.11 Å². The summed E-state index contributed by atoms with van der Waals surface area (Å²) in [6.07, 6.45) is 0. The number of hydrogen-bond acceptors (Lipinski definition) is 2. The van der Waals surface area contributed by atoms with Crippen molar-refractivity contribution < 1.29 is 23.1 Å². The number of carbonyl (C=O) groups is 1. The second-order valence-electron chi connectivity index (χ2n) is 4.14. The van der Waals surface area contributed by atoms with Gasteiger partial charge < -0.3 is 10.0 Å². The number of aromatic hydroxyl groups is 1. The Morgan fingerprint density at radius 3 is 2.47 bits per heavy atom. The first-order valence-corrected chi connectivity index (χ1v) is 4.96. The molecule has 92 valence electrons. The zero-order valence-electron chi connectivity index (χ0n) is 9.01. The number of carbonyl (C=O) groups excluding carboxylic acids is 1. The number of rotatable bonds is 1. The van der Waals surface area contributed by atoms with Crippen LogP contribution >= 0.6 is 0 Å². The van der Waals surface area contributed by atoms with Crippen molar-refractivity contribution in [2.24, 2.45) is 0 Å². The van der Waals surface area contributed by atoms with E-state index in [2.05, 4.69) is 0 Å². The second-order valence-corrected chi connectivity index (χ2v) is 4.14. The van der Waals surface area contributed by atoms with Crippen molar-refractivity contribution in [1.82, 2.24) is 4.90 Å². The molecule has 0 unspecified atom stereocenters. The molecular weight excluding hydrogens is 235 g/mol. The Labute approximate surface area is 95.5 Å². The van der Waals surface area contributed by atoms with Gasteiger partial charge in [0.2, 0.25) is 0 Å². The standard InChI is InChI=1S/C11H10F3NO2/c1-6-2-7(16)3-8(12)9(6)10(17)15-4-11(13,14)5-15/h2-3,16H,4-5H2,1H3. The zero-order chi connectivity index (χ0) is 12.8. The third-order valence-electron chi connectivity index (χ3n) is 2.62. The van der Waals surface area contributed by atoms with Crippen molar-refractivity contribution in [2.75, 3.05) is 13.1 Å². The minimum Gasteiger partial charge on any atom is -0.508 e. The molecule has 1 aliphatic rings. The third-order valence-corrected chi connectivity index (χ3v) is 2.62. The van der Waals surface area contributed by atoms with Crippen LogP contribution in [0.2, 0.25) is 0 Å². The molecule has 0 aromatic heterocycles. The maximum atomic E-state index is 13.5. The van der Waals surface area contributed by atoms with Gasteiger partial charge in [-0.05, 0) is 18.6 Å². The summed E-state index contributed by atoms with van der Waals surface area (Å²) in [5.74, 6) is -4.85. The first kappa shape index (κ1) is 11.8. The Balaban J connectivity index is 2.27. The maximum absolute atomic E-state index is 13.5. The van der Waals surface area contributed by atoms with Crippen LogP contribution in [0, 0.1) is 12.7 Å². The van der Waals surface area contributed by atoms with Gasteiger partial charge >= 0.3 is 0 Å². The first-order valence-electron chi connectivity index (χ1n) is 4.96. The van der Waals surface area contributed by atoms with E-state index in [1.165, 1.54) is 13.0 Å². The van der Waals surface area contributed by atoms with Crippen molar-refractivity contribution >= 4 is 5.91 Å². The molecule has 1 aliphatic heterocycles. The Bertz CT molecular complexity index is 457. The molecule has 2 rings (SSSR count). The van der Waals surface area contributed by atoms with Gasteiger partial charge in [0, 0.05) is 6.07 Å². The Hall–Kier alpha value is -1.72. The number of nitrogens with zero attached hydrogens (tertiary/aromatic N) is 1. The highest BCUT2D eigenvalue weighted by atomic mass is 19.3. The average Bonchev–Trinajstić information content (AvgIpc) is 2.11. The normalized spacial score (nSPS) is 17.8. The molecule has 1 N–H and O–H groups in total. The number of benzene rings is 1. The van der Waals surface area contributed by atoms with E-state index in [1.54, 1.807) is 0 Å². The van der Waals surface area contributed by atoms with E-state index < -0.39 is 30.7 Å². The number of amides is 1. The highest BCUT2D eigenvalue weighted by Gasteiger charge is 2.47. The largest absolute Gasteiger partial charge is 0.508 e. The summed E-state index contributed by atoms with van der Waals surface area (Å²) in [4.78, 5) is 12.6. The van der Waals surface area contributed by atoms with Crippen LogP contribution in [-0.2, 0) is 0 Å². The lowest BCUT2D eigenvalue weighted by Crippen LogP contribution is -2.58. The predicted molar refractivity (Wildman–Crippen MR) is 53.7 cm³/mol. The summed E-state index contributed by atoms with van der Waals surface area (Å²) in [6.45, 7) is 0.0607. The van der Waals surface area contributed by atoms with Crippen molar-refractivity contribution in [2.45, 2.75) is 12.8 Å². The Kier molecular flexibility index (Phi) is 2.52. The molecule has 0 saturated carbocycles. The maximum Gasteiger partial charge on any atom is 0.282 e. The van der Waals surface area contributed by atoms with Crippen LogP contribution < -0.4 is 0 Å². The summed E-state index contributed by atoms with van der Waals surface area (Å²) >= 11 is 0. The van der Waals surface area contributed by atoms with Crippen molar-refractivity contribution in [3.63, 3.8) is 0 Å². The van der Waals surface area contributed by atoms with Crippen LogP contribution in [0.15, 0.2) is 12.1 Å². The molecule has 0 atom stereocenters. The molecule has 1 heterocycles. The first-order chi connectivity index (χ1) is 7.80. The van der Waals surface area contributed by atoms with Gasteiger partial charge in [-0.15, -0.1) is 0 Å². The quantitative estimate of drug-likeness (QED) is 0.821. The van der Waals surface area contributed by atoms with Crippen LogP contribution in [0.5, 0.6) is 5.75 Å². The van der Waals surface area contributed by atoms with Gasteiger partial charge in [0.25, 0.3) is 11.8 Å². The molecule has 0 aliphatic carbocycles. The van der Waals surface area contributed by atoms with Gasteiger partial charge in [-0.1, -0.05) is 0 Å². The third kappa shape index (κ3) is 2.07. The smallest absolute Gasteiger partial charge is 0.282 e. The fraction of sp³-hybridized carbons (Fsp3) is 0.364. The van der Waals surface area contributed by atoms with E-state index in [0.29, 0.717) is 0 Å². The van der Waals surface area contributed by atoms with E-state index in [9.17, 15) is 18.0 Å². The molecule has 1 fully saturated rings. The Morgan fingerprint density at radius 2 is 2.00 bits per heavy atom. The molecule has 1 amide bonds. The minimum absolute atomic E-state index is 0.225. The summed E-state index contributed by atoms with van der Waals surface area (Å²) in [5, 5.41) is 9.11. The van der Waals surface area contributed by atoms with Gasteiger partial charge in [-0.25, -0.2) is 13.2 Å². The van der Waals surface area contributed by atoms with Crippen LogP contribution in [0.3, 0.4) is 0 Å². The summed E-state index contributed by atoms with van der Waals surface area (Å²) in [7, 11) is 0. The molecule has 1 aromatic carbocycles. The van der Waals surface area contributed by atoms with E-state index in [0.717, 1.165) is 11.0 Å². The van der Waals surface area contributed by atoms with Gasteiger partial charge in [0.1, 0.15) is 11.6 Å². The predicted octanol–water partition coefficient (Wildman–Crippen LogP) is 1.93. The molecule has 1 aromatic rings. The Morgan fingerprint density at radius 1 is 1.41 bits per heavy atom. The van der Waals surface area contributed by atoms with E-state index in [-0.39, 0.29) is 16.9 Å². The van der Waals surface area contributed by atoms with Gasteiger partial charge in [0.05, 0.1) is 18.7 Å². The van der Waals surface area contributed by atoms with E-state index in [1.807, 2.05) is 0 Å². The number of aryl methyl sites for hydroxylation is 1. The monoisotopic (exact) mass is 245 g/mol. The van der Waals surface area contributed by atoms with Crippen molar-refractivity contribution in [3.8, 4) is 5.75 Å². The van der Waals surface area contributed by atoms with Gasteiger partial charge in [0.15, 0.2) is 0 Å². The zero-order valence-corrected chi connectivity index (χ0v) is 9.01. The number of alkyl halides is 2. The summed E-state index contributed by atoms with van der Waals surface area (Å²) < 4.78 is 38.7. The number of halogens is 3. The number of likely N-dealkylation sites (tertiary alicyclic amines) is 1. The average molecular weight is 245 g/mol. The number of hydrogen-bond donors (Lipinski definition) is 1. The summed E-state index contributed by atoms with van der Waals surface area (Å²) in [5.41, 5.74) is -0.0407. The van der Waals surface area contributed by atoms with Crippen LogP contribution in [0.4, 0.5) is 13.2 Å². The van der Waals surface area contributed by atoms with Gasteiger partial charge in [-0.3, -0.25) is 4.79 Å². The highest BCUT2D eigenvalue weighted by molar-refractivity contribution is 5.96. The van der Waals surface area contributed by atoms with E-state index >= 15 is 0 Å². The minimum atomic E-state index is -2.88. The molecule has 17 heavy (non-hydrogen) atoms. The molecule has 1 saturated heterocycles. The van der Waals surface area contributed by atoms with Crippen LogP contribution in [0.1, 0.15) is 15.9 Å². The number of phenolic OH excluding ortho intramolecular Hbond substituents is 1. The molecule has 0 spiro atoms. The fourth-order valence-electron chi connectivity index (χ4n) is 1.81. The lowest BCUT2D eigenvalue weighted by Gasteiger charge is -2.38. The van der Waals surface area contributed by atoms with Crippen LogP contribution in [-0.4, -0.2) is 34.9 Å². The molecule has 0 bridgehead atoms. The van der Waals surface area contributed by atoms with Crippen molar-refractivity contribution in [3.05, 3.63) is 29.1 Å². The molecule has 6 heteroatoms. The molecule has 0 radical (unpaired) electrons. The fourth-order valence-corrected chi connectivity index (χ4v) is 1.81. The lowest BCUT2D eigenvalue weighted by atomic mass is 10.0. The SMILES string of the molecule is Cc1cc(O)cc(F)c1C(=O)N1CC(F)(F)C1. The topological polar surface area (TPSA) is 40.5 Å². The highest BCUT2D eigenvalue weighted by Crippen LogP contribution is 2.30. The molecular formula is C11H10F3NO2. The lowest BCUT2D eigenvalue weighted by molar-refractivity contribution is -0.113. The van der Waals surface area contributed by atoms with Gasteiger partial charge in [-0.2, -0.15) is 0 Å². The molecule has 3 nitrogen and oxygen atoms in total. The summed E-state index contributed by atoms with van der Waals surface area (Å²) in [6, 6.07) is 2.01. The number of phenols is 1. The second kappa shape index (κ2) is 3.65. The van der Waals surface area contributed by atoms with Crippen molar-refractivity contribution in [1.29, 1.82) is 0 Å².